The molecule has 76 valence electrons. The second-order valence-electron chi connectivity index (χ2n) is 3.60. The summed E-state index contributed by atoms with van der Waals surface area (Å²) in [5.74, 6) is 0.525. The fourth-order valence-corrected chi connectivity index (χ4v) is 1.14. The van der Waals surface area contributed by atoms with E-state index >= 15 is 0 Å². The van der Waals surface area contributed by atoms with Gasteiger partial charge in [-0.1, -0.05) is 26.0 Å². The summed E-state index contributed by atoms with van der Waals surface area (Å²) in [6, 6.07) is 0. The lowest BCUT2D eigenvalue weighted by Crippen LogP contribution is -2.17. The number of rotatable bonds is 8. The molecule has 0 saturated heterocycles. The van der Waals surface area contributed by atoms with Crippen molar-refractivity contribution in [3.8, 4) is 0 Å². The standard InChI is InChI=1S/C12H22O/c1-5-7-8-9-10-13-12(6-2)11(3)4/h5-6,11-12H,1-2,7-10H2,3-4H3. The molecule has 0 aliphatic carbocycles. The summed E-state index contributed by atoms with van der Waals surface area (Å²) in [5, 5.41) is 0. The number of allylic oxidation sites excluding steroid dienone is 1. The summed E-state index contributed by atoms with van der Waals surface area (Å²) < 4.78 is 5.65. The number of hydrogen-bond acceptors (Lipinski definition) is 1. The first-order valence-electron chi connectivity index (χ1n) is 5.07. The lowest BCUT2D eigenvalue weighted by Gasteiger charge is -2.17. The fourth-order valence-electron chi connectivity index (χ4n) is 1.14. The van der Waals surface area contributed by atoms with E-state index in [1.54, 1.807) is 0 Å². The molecule has 0 aromatic rings. The summed E-state index contributed by atoms with van der Waals surface area (Å²) in [7, 11) is 0. The average Bonchev–Trinajstić information content (AvgIpc) is 2.10. The molecule has 0 aromatic heterocycles. The van der Waals surface area contributed by atoms with Crippen molar-refractivity contribution < 1.29 is 4.74 Å². The monoisotopic (exact) mass is 182 g/mol. The Morgan fingerprint density at radius 3 is 2.38 bits per heavy atom. The highest BCUT2D eigenvalue weighted by molar-refractivity contribution is 4.82. The van der Waals surface area contributed by atoms with Gasteiger partial charge in [-0.25, -0.2) is 0 Å². The van der Waals surface area contributed by atoms with E-state index < -0.39 is 0 Å². The second-order valence-corrected chi connectivity index (χ2v) is 3.60. The summed E-state index contributed by atoms with van der Waals surface area (Å²) in [4.78, 5) is 0. The van der Waals surface area contributed by atoms with Crippen molar-refractivity contribution in [3.63, 3.8) is 0 Å². The van der Waals surface area contributed by atoms with Crippen LogP contribution in [0.15, 0.2) is 25.3 Å². The Morgan fingerprint density at radius 1 is 1.23 bits per heavy atom. The van der Waals surface area contributed by atoms with Crippen LogP contribution in [0, 0.1) is 5.92 Å². The molecule has 0 saturated carbocycles. The van der Waals surface area contributed by atoms with Gasteiger partial charge in [-0.2, -0.15) is 0 Å². The van der Waals surface area contributed by atoms with E-state index in [1.165, 1.54) is 6.42 Å². The first-order chi connectivity index (χ1) is 6.22. The van der Waals surface area contributed by atoms with Gasteiger partial charge < -0.3 is 4.74 Å². The topological polar surface area (TPSA) is 9.23 Å². The van der Waals surface area contributed by atoms with Gasteiger partial charge in [-0.15, -0.1) is 13.2 Å². The van der Waals surface area contributed by atoms with Gasteiger partial charge in [0.05, 0.1) is 6.10 Å². The van der Waals surface area contributed by atoms with Crippen LogP contribution in [0.4, 0.5) is 0 Å². The third-order valence-corrected chi connectivity index (χ3v) is 2.00. The van der Waals surface area contributed by atoms with Gasteiger partial charge in [-0.05, 0) is 25.2 Å². The molecule has 0 aromatic carbocycles. The van der Waals surface area contributed by atoms with E-state index in [1.807, 2.05) is 12.2 Å². The number of unbranched alkanes of at least 4 members (excludes halogenated alkanes) is 2. The van der Waals surface area contributed by atoms with E-state index in [2.05, 4.69) is 27.0 Å². The number of ether oxygens (including phenoxy) is 1. The molecule has 0 heterocycles. The minimum absolute atomic E-state index is 0.212. The molecular formula is C12H22O. The van der Waals surface area contributed by atoms with Crippen molar-refractivity contribution in [1.82, 2.24) is 0 Å². The first-order valence-corrected chi connectivity index (χ1v) is 5.07. The maximum Gasteiger partial charge on any atom is 0.0776 e. The normalized spacial score (nSPS) is 12.8. The van der Waals surface area contributed by atoms with Crippen molar-refractivity contribution in [2.75, 3.05) is 6.61 Å². The molecule has 0 bridgehead atoms. The van der Waals surface area contributed by atoms with Gasteiger partial charge in [-0.3, -0.25) is 0 Å². The minimum Gasteiger partial charge on any atom is -0.374 e. The van der Waals surface area contributed by atoms with Crippen molar-refractivity contribution in [2.45, 2.75) is 39.2 Å². The summed E-state index contributed by atoms with van der Waals surface area (Å²) in [6.07, 6.45) is 7.42. The van der Waals surface area contributed by atoms with Crippen molar-refractivity contribution >= 4 is 0 Å². The van der Waals surface area contributed by atoms with Gasteiger partial charge in [0.25, 0.3) is 0 Å². The van der Waals surface area contributed by atoms with Crippen LogP contribution in [0.5, 0.6) is 0 Å². The molecule has 0 aliphatic rings. The maximum absolute atomic E-state index is 5.65. The fraction of sp³-hybridized carbons (Fsp3) is 0.667. The van der Waals surface area contributed by atoms with Crippen LogP contribution in [-0.2, 0) is 4.74 Å². The minimum atomic E-state index is 0.212. The Labute approximate surface area is 82.5 Å². The Balaban J connectivity index is 3.38. The summed E-state index contributed by atoms with van der Waals surface area (Å²) in [6.45, 7) is 12.6. The molecule has 0 amide bonds. The van der Waals surface area contributed by atoms with Crippen LogP contribution in [0.1, 0.15) is 33.1 Å². The van der Waals surface area contributed by atoms with Crippen molar-refractivity contribution in [3.05, 3.63) is 25.3 Å². The highest BCUT2D eigenvalue weighted by Crippen LogP contribution is 2.08. The molecule has 0 N–H and O–H groups in total. The van der Waals surface area contributed by atoms with E-state index in [0.717, 1.165) is 19.4 Å². The molecule has 1 unspecified atom stereocenters. The van der Waals surface area contributed by atoms with Gasteiger partial charge in [0.15, 0.2) is 0 Å². The zero-order chi connectivity index (χ0) is 10.1. The Morgan fingerprint density at radius 2 is 1.92 bits per heavy atom. The smallest absolute Gasteiger partial charge is 0.0776 e. The van der Waals surface area contributed by atoms with Crippen LogP contribution in [0.2, 0.25) is 0 Å². The quantitative estimate of drug-likeness (QED) is 0.412. The average molecular weight is 182 g/mol. The highest BCUT2D eigenvalue weighted by Gasteiger charge is 2.07. The molecule has 0 fully saturated rings. The van der Waals surface area contributed by atoms with E-state index in [0.29, 0.717) is 5.92 Å². The summed E-state index contributed by atoms with van der Waals surface area (Å²) in [5.41, 5.74) is 0. The predicted octanol–water partition coefficient (Wildman–Crippen LogP) is 3.57. The maximum atomic E-state index is 5.65. The molecule has 0 rings (SSSR count). The molecule has 0 radical (unpaired) electrons. The van der Waals surface area contributed by atoms with Crippen LogP contribution in [0.25, 0.3) is 0 Å². The van der Waals surface area contributed by atoms with E-state index in [4.69, 9.17) is 4.74 Å². The lowest BCUT2D eigenvalue weighted by molar-refractivity contribution is 0.0532. The zero-order valence-electron chi connectivity index (χ0n) is 8.96. The molecule has 0 aliphatic heterocycles. The Kier molecular flexibility index (Phi) is 7.71. The third-order valence-electron chi connectivity index (χ3n) is 2.00. The van der Waals surface area contributed by atoms with Gasteiger partial charge in [0, 0.05) is 6.61 Å². The molecule has 1 heteroatoms. The highest BCUT2D eigenvalue weighted by atomic mass is 16.5. The Bertz CT molecular complexity index is 138. The first kappa shape index (κ1) is 12.4. The zero-order valence-corrected chi connectivity index (χ0v) is 8.96. The van der Waals surface area contributed by atoms with Gasteiger partial charge in [0.2, 0.25) is 0 Å². The largest absolute Gasteiger partial charge is 0.374 e. The van der Waals surface area contributed by atoms with Crippen LogP contribution in [0.3, 0.4) is 0 Å². The predicted molar refractivity (Wildman–Crippen MR) is 58.8 cm³/mol. The molecular weight excluding hydrogens is 160 g/mol. The SMILES string of the molecule is C=CCCCCOC(C=C)C(C)C. The van der Waals surface area contributed by atoms with Crippen molar-refractivity contribution in [2.24, 2.45) is 5.92 Å². The summed E-state index contributed by atoms with van der Waals surface area (Å²) >= 11 is 0. The van der Waals surface area contributed by atoms with E-state index in [-0.39, 0.29) is 6.10 Å². The van der Waals surface area contributed by atoms with Crippen molar-refractivity contribution in [1.29, 1.82) is 0 Å². The van der Waals surface area contributed by atoms with Gasteiger partial charge in [0.1, 0.15) is 0 Å². The molecule has 13 heavy (non-hydrogen) atoms. The van der Waals surface area contributed by atoms with E-state index in [9.17, 15) is 0 Å². The molecule has 1 atom stereocenters. The second kappa shape index (κ2) is 8.06. The third kappa shape index (κ3) is 6.59. The van der Waals surface area contributed by atoms with Crippen LogP contribution in [-0.4, -0.2) is 12.7 Å². The van der Waals surface area contributed by atoms with Gasteiger partial charge >= 0.3 is 0 Å². The Hall–Kier alpha value is -0.560. The van der Waals surface area contributed by atoms with Crippen LogP contribution < -0.4 is 0 Å². The lowest BCUT2D eigenvalue weighted by atomic mass is 10.1. The van der Waals surface area contributed by atoms with Crippen LogP contribution >= 0.6 is 0 Å². The number of hydrogen-bond donors (Lipinski definition) is 0. The molecule has 0 spiro atoms. The molecule has 1 nitrogen and oxygen atoms in total.